The Morgan fingerprint density at radius 3 is 1.34 bits per heavy atom. The molecule has 0 amide bonds. The third-order valence-corrected chi connectivity index (χ3v) is 7.85. The maximum Gasteiger partial charge on any atom is 0.329 e. The number of aliphatic carboxylic acids is 1. The molecule has 1 N–H and O–H groups in total. The fourth-order valence-electron chi connectivity index (χ4n) is 4.98. The van der Waals surface area contributed by atoms with Crippen molar-refractivity contribution >= 4 is 5.97 Å². The number of para-hydroxylation sites is 3. The first-order valence-corrected chi connectivity index (χ1v) is 17.9. The van der Waals surface area contributed by atoms with Crippen LogP contribution in [0.15, 0.2) is 121 Å². The molecule has 4 atom stereocenters. The van der Waals surface area contributed by atoms with Crippen molar-refractivity contribution in [2.24, 2.45) is 0 Å². The van der Waals surface area contributed by atoms with Gasteiger partial charge in [0.05, 0.1) is 33.0 Å². The highest BCUT2D eigenvalue weighted by atomic mass is 16.6. The molecule has 4 rings (SSSR count). The number of methoxy groups -OCH3 is 1. The first-order chi connectivity index (χ1) is 26.1. The molecule has 4 aromatic rings. The quantitative estimate of drug-likeness (QED) is 0.0648. The van der Waals surface area contributed by atoms with Crippen LogP contribution in [0.5, 0.6) is 17.2 Å². The molecule has 0 saturated carbocycles. The number of hydrogen-bond acceptors (Lipinski definition) is 10. The monoisotopic (exact) mass is 732 g/mol. The minimum atomic E-state index is -1.06. The van der Waals surface area contributed by atoms with Crippen molar-refractivity contribution in [2.45, 2.75) is 37.3 Å². The molecule has 0 aliphatic carbocycles. The van der Waals surface area contributed by atoms with Crippen LogP contribution >= 0.6 is 0 Å². The van der Waals surface area contributed by atoms with E-state index in [-0.39, 0.29) is 52.4 Å². The molecule has 0 aromatic heterocycles. The minimum Gasteiger partial charge on any atom is -0.491 e. The Kier molecular flexibility index (Phi) is 19.8. The van der Waals surface area contributed by atoms with Crippen molar-refractivity contribution in [2.75, 3.05) is 73.2 Å². The molecule has 0 bridgehead atoms. The average Bonchev–Trinajstić information content (AvgIpc) is 3.20. The molecule has 53 heavy (non-hydrogen) atoms. The van der Waals surface area contributed by atoms with Crippen molar-refractivity contribution in [3.05, 3.63) is 127 Å². The van der Waals surface area contributed by atoms with Crippen LogP contribution in [0.25, 0.3) is 0 Å². The van der Waals surface area contributed by atoms with Gasteiger partial charge in [0.2, 0.25) is 0 Å². The zero-order valence-corrected chi connectivity index (χ0v) is 30.4. The Hall–Kier alpha value is -4.49. The lowest BCUT2D eigenvalue weighted by atomic mass is 10.1. The highest BCUT2D eigenvalue weighted by Gasteiger charge is 2.21. The summed E-state index contributed by atoms with van der Waals surface area (Å²) in [5.74, 6) is 1.08. The maximum atomic E-state index is 10.9. The number of rotatable bonds is 29. The van der Waals surface area contributed by atoms with Gasteiger partial charge < -0.3 is 47.7 Å². The number of hydrogen-bond donors (Lipinski definition) is 1. The Balaban J connectivity index is 1.37. The van der Waals surface area contributed by atoms with Crippen LogP contribution in [-0.2, 0) is 39.6 Å². The summed E-state index contributed by atoms with van der Waals surface area (Å²) in [4.78, 5) is 10.9. The maximum absolute atomic E-state index is 10.9. The van der Waals surface area contributed by atoms with E-state index in [1.807, 2.05) is 109 Å². The van der Waals surface area contributed by atoms with Gasteiger partial charge in [-0.05, 0) is 54.8 Å². The van der Waals surface area contributed by atoms with Crippen molar-refractivity contribution in [3.63, 3.8) is 0 Å². The Morgan fingerprint density at radius 2 is 0.906 bits per heavy atom. The van der Waals surface area contributed by atoms with Gasteiger partial charge in [-0.15, -0.1) is 0 Å². The lowest BCUT2D eigenvalue weighted by Crippen LogP contribution is -2.38. The van der Waals surface area contributed by atoms with Gasteiger partial charge in [0.25, 0.3) is 0 Å². The first kappa shape index (κ1) is 41.3. The van der Waals surface area contributed by atoms with Crippen LogP contribution in [0, 0.1) is 0 Å². The third-order valence-electron chi connectivity index (χ3n) is 7.85. The summed E-state index contributed by atoms with van der Waals surface area (Å²) >= 11 is 0. The number of carbonyl (C=O) groups is 1. The Morgan fingerprint density at radius 1 is 0.509 bits per heavy atom. The normalized spacial score (nSPS) is 13.5. The number of ether oxygens (including phenoxy) is 9. The molecule has 11 nitrogen and oxygen atoms in total. The highest BCUT2D eigenvalue weighted by Crippen LogP contribution is 2.14. The van der Waals surface area contributed by atoms with E-state index in [1.165, 1.54) is 12.7 Å². The molecule has 4 aromatic carbocycles. The van der Waals surface area contributed by atoms with Crippen LogP contribution < -0.4 is 14.2 Å². The standard InChI is InChI=1S/C42H52O11/c1-45-38(25-47-33-42(43)44)27-51-40(29-49-36-20-10-4-11-21-36)32-53-41(30-50-37-22-12-5-13-23-37)31-52-39(28-48-35-18-8-3-9-19-35)26-46-24-14-17-34-15-6-2-7-16-34/h2-13,15-16,18-23,38-41H,14,17,24-33H2,1H3,(H,43,44). The summed E-state index contributed by atoms with van der Waals surface area (Å²) < 4.78 is 54.0. The summed E-state index contributed by atoms with van der Waals surface area (Å²) in [6.45, 7) is 1.71. The molecule has 0 radical (unpaired) electrons. The number of carboxylic acid groups (broad SMARTS) is 1. The lowest BCUT2D eigenvalue weighted by molar-refractivity contribution is -0.145. The summed E-state index contributed by atoms with van der Waals surface area (Å²) in [5, 5.41) is 8.93. The molecule has 11 heteroatoms. The van der Waals surface area contributed by atoms with E-state index < -0.39 is 30.9 Å². The zero-order valence-electron chi connectivity index (χ0n) is 30.4. The highest BCUT2D eigenvalue weighted by molar-refractivity contribution is 5.67. The van der Waals surface area contributed by atoms with E-state index in [0.29, 0.717) is 24.7 Å². The van der Waals surface area contributed by atoms with E-state index in [9.17, 15) is 4.79 Å². The predicted molar refractivity (Wildman–Crippen MR) is 200 cm³/mol. The van der Waals surface area contributed by atoms with Gasteiger partial charge in [-0.25, -0.2) is 4.79 Å². The van der Waals surface area contributed by atoms with Gasteiger partial charge in [-0.1, -0.05) is 84.9 Å². The predicted octanol–water partition coefficient (Wildman–Crippen LogP) is 6.14. The summed E-state index contributed by atoms with van der Waals surface area (Å²) in [6, 6.07) is 38.9. The van der Waals surface area contributed by atoms with E-state index in [4.69, 9.17) is 47.7 Å². The van der Waals surface area contributed by atoms with E-state index in [2.05, 4.69) is 12.1 Å². The van der Waals surface area contributed by atoms with Gasteiger partial charge >= 0.3 is 5.97 Å². The van der Waals surface area contributed by atoms with Gasteiger partial charge in [0, 0.05) is 13.7 Å². The second-order valence-corrected chi connectivity index (χ2v) is 12.2. The number of carboxylic acids is 1. The summed E-state index contributed by atoms with van der Waals surface area (Å²) in [5.41, 5.74) is 1.27. The average molecular weight is 733 g/mol. The molecule has 4 unspecified atom stereocenters. The topological polar surface area (TPSA) is 120 Å². The van der Waals surface area contributed by atoms with Gasteiger partial charge in [-0.2, -0.15) is 0 Å². The van der Waals surface area contributed by atoms with Crippen LogP contribution in [0.1, 0.15) is 12.0 Å². The zero-order chi connectivity index (χ0) is 37.2. The van der Waals surface area contributed by atoms with Crippen LogP contribution in [0.4, 0.5) is 0 Å². The molecule has 286 valence electrons. The first-order valence-electron chi connectivity index (χ1n) is 17.9. The van der Waals surface area contributed by atoms with Crippen molar-refractivity contribution in [1.82, 2.24) is 0 Å². The van der Waals surface area contributed by atoms with E-state index in [0.717, 1.165) is 18.6 Å². The van der Waals surface area contributed by atoms with Crippen molar-refractivity contribution < 1.29 is 52.5 Å². The molecule has 0 aliphatic rings. The van der Waals surface area contributed by atoms with Crippen LogP contribution in [0.2, 0.25) is 0 Å². The van der Waals surface area contributed by atoms with Gasteiger partial charge in [-0.3, -0.25) is 0 Å². The molecular formula is C42H52O11. The molecular weight excluding hydrogens is 680 g/mol. The van der Waals surface area contributed by atoms with Crippen LogP contribution in [-0.4, -0.2) is 109 Å². The number of benzene rings is 4. The Bertz CT molecular complexity index is 1480. The Labute approximate surface area is 312 Å². The fraction of sp³-hybridized carbons (Fsp3) is 0.405. The van der Waals surface area contributed by atoms with Crippen LogP contribution in [0.3, 0.4) is 0 Å². The molecule has 0 saturated heterocycles. The van der Waals surface area contributed by atoms with Crippen molar-refractivity contribution in [1.29, 1.82) is 0 Å². The smallest absolute Gasteiger partial charge is 0.329 e. The minimum absolute atomic E-state index is 0.0536. The van der Waals surface area contributed by atoms with Gasteiger partial charge in [0.15, 0.2) is 0 Å². The largest absolute Gasteiger partial charge is 0.491 e. The fourth-order valence-corrected chi connectivity index (χ4v) is 4.98. The number of aryl methyl sites for hydroxylation is 1. The SMILES string of the molecule is COC(COCC(=O)O)COC(COc1ccccc1)COC(COc1ccccc1)COC(COCCCc1ccccc1)COc1ccccc1. The van der Waals surface area contributed by atoms with Gasteiger partial charge in [0.1, 0.15) is 68.1 Å². The summed E-state index contributed by atoms with van der Waals surface area (Å²) in [6.07, 6.45) is -0.0698. The molecule has 0 spiro atoms. The molecule has 0 aliphatic heterocycles. The second-order valence-electron chi connectivity index (χ2n) is 12.2. The second kappa shape index (κ2) is 25.5. The van der Waals surface area contributed by atoms with E-state index in [1.54, 1.807) is 0 Å². The van der Waals surface area contributed by atoms with Crippen molar-refractivity contribution in [3.8, 4) is 17.2 Å². The lowest BCUT2D eigenvalue weighted by Gasteiger charge is -2.26. The van der Waals surface area contributed by atoms with E-state index >= 15 is 0 Å². The molecule has 0 fully saturated rings. The summed E-state index contributed by atoms with van der Waals surface area (Å²) in [7, 11) is 1.52. The molecule has 0 heterocycles. The third kappa shape index (κ3) is 18.2.